The number of aromatic nitrogens is 1. The molecule has 88 valence electrons. The van der Waals surface area contributed by atoms with E-state index in [9.17, 15) is 4.79 Å². The van der Waals surface area contributed by atoms with E-state index in [0.717, 1.165) is 17.7 Å². The van der Waals surface area contributed by atoms with Crippen molar-refractivity contribution in [3.8, 4) is 0 Å². The van der Waals surface area contributed by atoms with Gasteiger partial charge in [-0.3, -0.25) is 9.78 Å². The zero-order valence-corrected chi connectivity index (χ0v) is 10.3. The van der Waals surface area contributed by atoms with E-state index in [2.05, 4.69) is 24.9 Å². The Labute approximate surface area is 102 Å². The van der Waals surface area contributed by atoms with Gasteiger partial charge in [0.2, 0.25) is 0 Å². The summed E-state index contributed by atoms with van der Waals surface area (Å²) >= 11 is 0. The van der Waals surface area contributed by atoms with Gasteiger partial charge >= 0.3 is 0 Å². The average Bonchev–Trinajstić information content (AvgIpc) is 2.79. The number of carbonyl (C=O) groups excluding carboxylic acids is 1. The van der Waals surface area contributed by atoms with Gasteiger partial charge < -0.3 is 0 Å². The highest BCUT2D eigenvalue weighted by Crippen LogP contribution is 2.26. The summed E-state index contributed by atoms with van der Waals surface area (Å²) in [6, 6.07) is 5.67. The molecule has 1 aromatic heterocycles. The number of allylic oxidation sites excluding steroid dienone is 4. The number of rotatable bonds is 4. The fourth-order valence-electron chi connectivity index (χ4n) is 1.91. The lowest BCUT2D eigenvalue weighted by molar-refractivity contribution is -0.115. The third-order valence-corrected chi connectivity index (χ3v) is 3.06. The Morgan fingerprint density at radius 2 is 2.18 bits per heavy atom. The molecule has 2 heteroatoms. The molecule has 0 unspecified atom stereocenters. The van der Waals surface area contributed by atoms with E-state index < -0.39 is 0 Å². The molecular formula is C15H17NO. The maximum absolute atomic E-state index is 12.0. The molecule has 0 spiro atoms. The zero-order valence-electron chi connectivity index (χ0n) is 10.3. The Kier molecular flexibility index (Phi) is 3.52. The van der Waals surface area contributed by atoms with Gasteiger partial charge in [0.1, 0.15) is 0 Å². The van der Waals surface area contributed by atoms with Gasteiger partial charge in [-0.15, -0.1) is 0 Å². The Morgan fingerprint density at radius 3 is 2.76 bits per heavy atom. The fraction of sp³-hybridized carbons (Fsp3) is 0.333. The molecule has 1 heterocycles. The summed E-state index contributed by atoms with van der Waals surface area (Å²) in [6.07, 6.45) is 6.98. The van der Waals surface area contributed by atoms with Crippen molar-refractivity contribution in [2.45, 2.75) is 26.7 Å². The fourth-order valence-corrected chi connectivity index (χ4v) is 1.91. The van der Waals surface area contributed by atoms with Crippen molar-refractivity contribution in [1.82, 2.24) is 4.98 Å². The summed E-state index contributed by atoms with van der Waals surface area (Å²) in [4.78, 5) is 16.2. The Balaban J connectivity index is 1.96. The summed E-state index contributed by atoms with van der Waals surface area (Å²) in [7, 11) is 0. The second kappa shape index (κ2) is 5.09. The summed E-state index contributed by atoms with van der Waals surface area (Å²) in [5, 5.41) is 0. The van der Waals surface area contributed by atoms with Crippen molar-refractivity contribution < 1.29 is 4.79 Å². The number of hydrogen-bond acceptors (Lipinski definition) is 2. The number of carbonyl (C=O) groups is 1. The number of nitrogens with zero attached hydrogens (tertiary/aromatic N) is 1. The van der Waals surface area contributed by atoms with Crippen LogP contribution in [0.25, 0.3) is 0 Å². The van der Waals surface area contributed by atoms with Crippen LogP contribution in [-0.2, 0) is 11.2 Å². The molecule has 1 aliphatic carbocycles. The predicted molar refractivity (Wildman–Crippen MR) is 68.6 cm³/mol. The largest absolute Gasteiger partial charge is 0.294 e. The zero-order chi connectivity index (χ0) is 12.3. The third-order valence-electron chi connectivity index (χ3n) is 3.06. The monoisotopic (exact) mass is 227 g/mol. The molecule has 1 aromatic rings. The smallest absolute Gasteiger partial charge is 0.165 e. The topological polar surface area (TPSA) is 30.0 Å². The van der Waals surface area contributed by atoms with Crippen LogP contribution in [0.2, 0.25) is 0 Å². The number of ketones is 1. The van der Waals surface area contributed by atoms with Crippen LogP contribution < -0.4 is 0 Å². The van der Waals surface area contributed by atoms with E-state index in [4.69, 9.17) is 0 Å². The molecule has 0 radical (unpaired) electrons. The van der Waals surface area contributed by atoms with Gasteiger partial charge in [-0.1, -0.05) is 37.6 Å². The molecule has 0 saturated heterocycles. The first-order valence-corrected chi connectivity index (χ1v) is 5.99. The molecule has 0 bridgehead atoms. The minimum absolute atomic E-state index is 0.190. The average molecular weight is 227 g/mol. The van der Waals surface area contributed by atoms with Crippen LogP contribution in [-0.4, -0.2) is 10.8 Å². The molecule has 0 fully saturated rings. The van der Waals surface area contributed by atoms with Crippen LogP contribution >= 0.6 is 0 Å². The Hall–Kier alpha value is -1.70. The van der Waals surface area contributed by atoms with Crippen molar-refractivity contribution in [2.24, 2.45) is 5.92 Å². The summed E-state index contributed by atoms with van der Waals surface area (Å²) in [6.45, 7) is 4.32. The first kappa shape index (κ1) is 11.8. The molecule has 2 rings (SSSR count). The van der Waals surface area contributed by atoms with Gasteiger partial charge in [0.05, 0.1) is 6.42 Å². The lowest BCUT2D eigenvalue weighted by Crippen LogP contribution is -2.07. The standard InChI is InChI=1S/C15H17NO/c1-11(2)12-6-7-13(9-12)15(17)10-14-5-3-4-8-16-14/h3-8,11H,9-10H2,1-2H3. The number of Topliss-reactive ketones (excluding diaryl/α,β-unsaturated/α-hetero) is 1. The molecule has 0 atom stereocenters. The van der Waals surface area contributed by atoms with Gasteiger partial charge in [0, 0.05) is 11.9 Å². The maximum Gasteiger partial charge on any atom is 0.165 e. The van der Waals surface area contributed by atoms with Crippen molar-refractivity contribution in [3.63, 3.8) is 0 Å². The Morgan fingerprint density at radius 1 is 1.35 bits per heavy atom. The van der Waals surface area contributed by atoms with Crippen LogP contribution in [0.4, 0.5) is 0 Å². The Bertz CT molecular complexity index is 469. The number of pyridine rings is 1. The molecule has 0 N–H and O–H groups in total. The summed E-state index contributed by atoms with van der Waals surface area (Å²) < 4.78 is 0. The van der Waals surface area contributed by atoms with Gasteiger partial charge in [0.25, 0.3) is 0 Å². The second-order valence-corrected chi connectivity index (χ2v) is 4.69. The van der Waals surface area contributed by atoms with Gasteiger partial charge in [-0.25, -0.2) is 0 Å². The summed E-state index contributed by atoms with van der Waals surface area (Å²) in [5.41, 5.74) is 3.10. The van der Waals surface area contributed by atoms with Gasteiger partial charge in [-0.05, 0) is 30.0 Å². The number of hydrogen-bond donors (Lipinski definition) is 0. The molecule has 0 aliphatic heterocycles. The third kappa shape index (κ3) is 2.90. The predicted octanol–water partition coefficient (Wildman–Crippen LogP) is 3.11. The van der Waals surface area contributed by atoms with Crippen LogP contribution in [0.5, 0.6) is 0 Å². The van der Waals surface area contributed by atoms with E-state index in [1.807, 2.05) is 24.3 Å². The van der Waals surface area contributed by atoms with Crippen molar-refractivity contribution in [1.29, 1.82) is 0 Å². The van der Waals surface area contributed by atoms with Crippen LogP contribution in [0.1, 0.15) is 26.0 Å². The quantitative estimate of drug-likeness (QED) is 0.791. The SMILES string of the molecule is CC(C)C1=CC=C(C(=O)Cc2ccccn2)C1. The van der Waals surface area contributed by atoms with E-state index >= 15 is 0 Å². The molecule has 0 amide bonds. The molecule has 0 aromatic carbocycles. The molecule has 17 heavy (non-hydrogen) atoms. The highest BCUT2D eigenvalue weighted by atomic mass is 16.1. The molecular weight excluding hydrogens is 210 g/mol. The van der Waals surface area contributed by atoms with Crippen LogP contribution in [0, 0.1) is 5.92 Å². The summed E-state index contributed by atoms with van der Waals surface area (Å²) in [5.74, 6) is 0.710. The minimum atomic E-state index is 0.190. The molecule has 2 nitrogen and oxygen atoms in total. The second-order valence-electron chi connectivity index (χ2n) is 4.69. The highest BCUT2D eigenvalue weighted by molar-refractivity contribution is 5.98. The maximum atomic E-state index is 12.0. The normalized spacial score (nSPS) is 14.8. The van der Waals surface area contributed by atoms with Crippen LogP contribution in [0.3, 0.4) is 0 Å². The van der Waals surface area contributed by atoms with Gasteiger partial charge in [0.15, 0.2) is 5.78 Å². The highest BCUT2D eigenvalue weighted by Gasteiger charge is 2.17. The van der Waals surface area contributed by atoms with Crippen molar-refractivity contribution >= 4 is 5.78 Å². The minimum Gasteiger partial charge on any atom is -0.294 e. The lowest BCUT2D eigenvalue weighted by atomic mass is 9.97. The first-order chi connectivity index (χ1) is 8.16. The van der Waals surface area contributed by atoms with E-state index in [-0.39, 0.29) is 5.78 Å². The van der Waals surface area contributed by atoms with E-state index in [1.54, 1.807) is 6.20 Å². The van der Waals surface area contributed by atoms with Crippen molar-refractivity contribution in [3.05, 3.63) is 53.4 Å². The first-order valence-electron chi connectivity index (χ1n) is 5.99. The van der Waals surface area contributed by atoms with Crippen LogP contribution in [0.15, 0.2) is 47.7 Å². The molecule has 1 aliphatic rings. The lowest BCUT2D eigenvalue weighted by Gasteiger charge is -2.07. The van der Waals surface area contributed by atoms with Gasteiger partial charge in [-0.2, -0.15) is 0 Å². The van der Waals surface area contributed by atoms with E-state index in [0.29, 0.717) is 12.3 Å². The van der Waals surface area contributed by atoms with Crippen molar-refractivity contribution in [2.75, 3.05) is 0 Å². The molecule has 0 saturated carbocycles. The van der Waals surface area contributed by atoms with E-state index in [1.165, 1.54) is 5.57 Å².